The van der Waals surface area contributed by atoms with Gasteiger partial charge >= 0.3 is 0 Å². The van der Waals surface area contributed by atoms with Gasteiger partial charge in [-0.05, 0) is 71.2 Å². The third-order valence-electron chi connectivity index (χ3n) is 3.20. The number of benzene rings is 2. The van der Waals surface area contributed by atoms with Crippen LogP contribution in [-0.4, -0.2) is 26.5 Å². The van der Waals surface area contributed by atoms with Gasteiger partial charge < -0.3 is 4.74 Å². The van der Waals surface area contributed by atoms with Gasteiger partial charge in [-0.15, -0.1) is 26.7 Å². The molecule has 0 spiro atoms. The van der Waals surface area contributed by atoms with Gasteiger partial charge in [-0.2, -0.15) is 0 Å². The average molecular weight is 479 g/mol. The summed E-state index contributed by atoms with van der Waals surface area (Å²) in [7, 11) is 0. The molecule has 9 heteroatoms. The predicted octanol–water partition coefficient (Wildman–Crippen LogP) is 5.45. The summed E-state index contributed by atoms with van der Waals surface area (Å²) in [6, 6.07) is 17.2. The van der Waals surface area contributed by atoms with E-state index < -0.39 is 6.18 Å². The van der Waals surface area contributed by atoms with E-state index in [1.807, 2.05) is 75.4 Å². The molecule has 0 fully saturated rings. The number of allylic oxidation sites excluding steroid dienone is 1. The van der Waals surface area contributed by atoms with E-state index in [1.54, 1.807) is 6.26 Å². The van der Waals surface area contributed by atoms with Crippen LogP contribution < -0.4 is 4.74 Å². The van der Waals surface area contributed by atoms with Gasteiger partial charge in [0.15, 0.2) is 0 Å². The van der Waals surface area contributed by atoms with Crippen LogP contribution in [0.15, 0.2) is 67.8 Å². The predicted molar refractivity (Wildman–Crippen MR) is 139 cm³/mol. The molecule has 0 saturated heterocycles. The fraction of sp³-hybridized carbons (Fsp3) is 0.190. The van der Waals surface area contributed by atoms with Crippen LogP contribution in [0.2, 0.25) is 0 Å². The molecule has 0 saturated carbocycles. The molecule has 1 heterocycles. The molecular weight excluding hydrogens is 453 g/mol. The van der Waals surface area contributed by atoms with Crippen LogP contribution in [0.1, 0.15) is 26.3 Å². The van der Waals surface area contributed by atoms with Crippen LogP contribution in [-0.2, 0) is 28.6 Å². The molecule has 0 unspecified atom stereocenters. The van der Waals surface area contributed by atoms with E-state index >= 15 is 0 Å². The minimum Gasteiger partial charge on any atom is -0.457 e. The van der Waals surface area contributed by atoms with Crippen molar-refractivity contribution < 1.29 is 4.74 Å². The minimum atomic E-state index is -1.31. The molecule has 0 radical (unpaired) electrons. The first-order chi connectivity index (χ1) is 14.1. The molecule has 3 aromatic rings. The van der Waals surface area contributed by atoms with Crippen molar-refractivity contribution in [1.29, 1.82) is 0 Å². The van der Waals surface area contributed by atoms with Crippen LogP contribution in [0, 0.1) is 0 Å². The molecule has 160 valence electrons. The first-order valence-electron chi connectivity index (χ1n) is 9.04. The normalized spacial score (nSPS) is 10.0. The smallest absolute Gasteiger partial charge is 0.205 e. The Balaban J connectivity index is 0.000000565. The summed E-state index contributed by atoms with van der Waals surface area (Å²) >= 11 is 13.0. The Labute approximate surface area is 193 Å². The zero-order valence-electron chi connectivity index (χ0n) is 17.5. The third kappa shape index (κ3) is 9.62. The van der Waals surface area contributed by atoms with Gasteiger partial charge in [-0.25, -0.2) is 0 Å². The lowest BCUT2D eigenvalue weighted by atomic mass is 10.2. The molecule has 0 aliphatic heterocycles. The molecule has 0 bridgehead atoms. The highest BCUT2D eigenvalue weighted by molar-refractivity contribution is 8.92. The highest BCUT2D eigenvalue weighted by Crippen LogP contribution is 2.23. The second-order valence-corrected chi connectivity index (χ2v) is 15.6. The zero-order valence-corrected chi connectivity index (χ0v) is 20.8. The fourth-order valence-corrected chi connectivity index (χ4v) is 1.99. The first-order valence-corrected chi connectivity index (χ1v) is 14.0. The molecule has 0 N–H and O–H groups in total. The summed E-state index contributed by atoms with van der Waals surface area (Å²) in [6.45, 7) is 13.5. The summed E-state index contributed by atoms with van der Waals surface area (Å²) in [4.78, 5) is 1.40. The molecule has 1 aromatic heterocycles. The molecular formula is C21H26N4OS4. The van der Waals surface area contributed by atoms with E-state index in [-0.39, 0.29) is 0 Å². The van der Waals surface area contributed by atoms with Crippen molar-refractivity contribution in [2.45, 2.75) is 20.8 Å². The molecule has 0 atom stereocenters. The van der Waals surface area contributed by atoms with E-state index in [2.05, 4.69) is 62.6 Å². The average Bonchev–Trinajstić information content (AvgIpc) is 3.20. The zero-order chi connectivity index (χ0) is 22.7. The Morgan fingerprint density at radius 3 is 2.03 bits per heavy atom. The van der Waals surface area contributed by atoms with Gasteiger partial charge in [0.1, 0.15) is 11.5 Å². The van der Waals surface area contributed by atoms with Crippen molar-refractivity contribution in [1.82, 2.24) is 20.2 Å². The maximum absolute atomic E-state index is 5.76. The van der Waals surface area contributed by atoms with Crippen molar-refractivity contribution in [3.63, 3.8) is 0 Å². The topological polar surface area (TPSA) is 52.8 Å². The van der Waals surface area contributed by atoms with E-state index in [9.17, 15) is 0 Å². The molecule has 2 aromatic carbocycles. The number of hydrogen-bond donors (Lipinski definition) is 1. The highest BCUT2D eigenvalue weighted by atomic mass is 33.5. The van der Waals surface area contributed by atoms with Crippen LogP contribution in [0.25, 0.3) is 22.8 Å². The summed E-state index contributed by atoms with van der Waals surface area (Å²) in [6.07, 6.45) is 0.459. The van der Waals surface area contributed by atoms with E-state index in [1.165, 1.54) is 4.80 Å². The fourth-order valence-electron chi connectivity index (χ4n) is 1.99. The third-order valence-corrected chi connectivity index (χ3v) is 3.20. The van der Waals surface area contributed by atoms with Gasteiger partial charge in [-0.3, -0.25) is 0 Å². The number of tetrazole rings is 1. The summed E-state index contributed by atoms with van der Waals surface area (Å²) in [5.74, 6) is 1.85. The number of hydrogen-bond acceptors (Lipinski definition) is 6. The molecule has 5 nitrogen and oxygen atoms in total. The first kappa shape index (κ1) is 26.0. The number of rotatable bonds is 5. The SMILES string of the molecule is C=C(Oc1ccc(-c2nnn(C(=C)C)n2)cc1)c1ccccc1.CC.CS(=S)(=S)S. The van der Waals surface area contributed by atoms with Gasteiger partial charge in [-0.1, -0.05) is 57.3 Å². The Hall–Kier alpha value is -2.07. The lowest BCUT2D eigenvalue weighted by Crippen LogP contribution is -1.96. The van der Waals surface area contributed by atoms with Crippen molar-refractivity contribution in [2.75, 3.05) is 6.26 Å². The van der Waals surface area contributed by atoms with E-state index in [0.717, 1.165) is 11.1 Å². The van der Waals surface area contributed by atoms with Crippen molar-refractivity contribution in [3.8, 4) is 17.1 Å². The summed E-state index contributed by atoms with van der Waals surface area (Å²) < 4.78 is 5.76. The standard InChI is InChI=1S/C18H16N4O.C2H6.CH4S4/c1-13(2)22-20-18(19-21-22)16-9-11-17(12-10-16)23-14(3)15-7-5-4-6-8-15;1-2;1-5(2,3)4/h4-12H,1,3H2,2H3;1-2H3;1H3,(H,2,3,4). The van der Waals surface area contributed by atoms with Crippen molar-refractivity contribution in [2.24, 2.45) is 0 Å². The monoisotopic (exact) mass is 478 g/mol. The van der Waals surface area contributed by atoms with E-state index in [4.69, 9.17) is 4.74 Å². The van der Waals surface area contributed by atoms with Gasteiger partial charge in [0, 0.05) is 11.1 Å². The quantitative estimate of drug-likeness (QED) is 0.299. The summed E-state index contributed by atoms with van der Waals surface area (Å²) in [5, 5.41) is 12.2. The largest absolute Gasteiger partial charge is 0.457 e. The van der Waals surface area contributed by atoms with Gasteiger partial charge in [0.25, 0.3) is 0 Å². The maximum Gasteiger partial charge on any atom is 0.205 e. The lowest BCUT2D eigenvalue weighted by molar-refractivity contribution is 0.517. The Kier molecular flexibility index (Phi) is 10.9. The maximum atomic E-state index is 5.76. The Bertz CT molecular complexity index is 1050. The second-order valence-electron chi connectivity index (χ2n) is 5.79. The van der Waals surface area contributed by atoms with E-state index in [0.29, 0.717) is 23.0 Å². The molecule has 0 aliphatic carbocycles. The summed E-state index contributed by atoms with van der Waals surface area (Å²) in [5.41, 5.74) is 2.51. The van der Waals surface area contributed by atoms with Gasteiger partial charge in [0.05, 0.1) is 5.70 Å². The molecule has 3 rings (SSSR count). The van der Waals surface area contributed by atoms with Gasteiger partial charge in [0.2, 0.25) is 5.82 Å². The Morgan fingerprint density at radius 1 is 1.03 bits per heavy atom. The van der Waals surface area contributed by atoms with Crippen LogP contribution >= 0.6 is 11.7 Å². The highest BCUT2D eigenvalue weighted by Gasteiger charge is 2.07. The van der Waals surface area contributed by atoms with Crippen LogP contribution in [0.3, 0.4) is 0 Å². The van der Waals surface area contributed by atoms with Crippen molar-refractivity contribution >= 4 is 51.7 Å². The number of thiol groups is 1. The number of nitrogens with zero attached hydrogens (tertiary/aromatic N) is 4. The minimum absolute atomic E-state index is 0.543. The number of aromatic nitrogens is 4. The molecule has 0 amide bonds. The van der Waals surface area contributed by atoms with Crippen LogP contribution in [0.4, 0.5) is 0 Å². The van der Waals surface area contributed by atoms with Crippen LogP contribution in [0.5, 0.6) is 5.75 Å². The lowest BCUT2D eigenvalue weighted by Gasteiger charge is -2.08. The van der Waals surface area contributed by atoms with Crippen molar-refractivity contribution in [3.05, 3.63) is 73.3 Å². The number of ether oxygens (including phenoxy) is 1. The second kappa shape index (κ2) is 12.6. The Morgan fingerprint density at radius 2 is 1.57 bits per heavy atom. The molecule has 30 heavy (non-hydrogen) atoms. The molecule has 0 aliphatic rings.